The summed E-state index contributed by atoms with van der Waals surface area (Å²) in [5, 5.41) is 6.24. The minimum absolute atomic E-state index is 0.203. The van der Waals surface area contributed by atoms with Gasteiger partial charge in [-0.2, -0.15) is 13.2 Å². The van der Waals surface area contributed by atoms with Crippen molar-refractivity contribution in [3.05, 3.63) is 81.3 Å². The van der Waals surface area contributed by atoms with Crippen molar-refractivity contribution in [1.29, 1.82) is 0 Å². The third kappa shape index (κ3) is 5.56. The molecule has 28 heavy (non-hydrogen) atoms. The largest absolute Gasteiger partial charge is 0.487 e. The maximum atomic E-state index is 12.9. The summed E-state index contributed by atoms with van der Waals surface area (Å²) in [6, 6.07) is 12.8. The average molecular weight is 406 g/mol. The average Bonchev–Trinajstić information content (AvgIpc) is 3.10. The molecule has 1 heterocycles. The lowest BCUT2D eigenvalue weighted by Crippen LogP contribution is -2.18. The predicted octanol–water partition coefficient (Wildman–Crippen LogP) is 5.90. The Kier molecular flexibility index (Phi) is 6.36. The molecule has 3 nitrogen and oxygen atoms in total. The molecule has 0 bridgehead atoms. The van der Waals surface area contributed by atoms with E-state index in [0.29, 0.717) is 18.7 Å². The Labute approximate surface area is 166 Å². The number of halogens is 3. The molecule has 0 saturated heterocycles. The van der Waals surface area contributed by atoms with E-state index in [2.05, 4.69) is 10.3 Å². The second kappa shape index (κ2) is 8.75. The lowest BCUT2D eigenvalue weighted by molar-refractivity contribution is -0.137. The van der Waals surface area contributed by atoms with Crippen LogP contribution in [0.2, 0.25) is 0 Å². The zero-order valence-electron chi connectivity index (χ0n) is 15.6. The SMILES string of the molecule is Cc1nc(COc2ccc(CNC(C)c3cccc(C(F)(F)F)c3)cc2)cs1. The van der Waals surface area contributed by atoms with Crippen molar-refractivity contribution < 1.29 is 17.9 Å². The summed E-state index contributed by atoms with van der Waals surface area (Å²) in [4.78, 5) is 4.36. The molecule has 1 N–H and O–H groups in total. The minimum Gasteiger partial charge on any atom is -0.487 e. The van der Waals surface area contributed by atoms with E-state index in [1.807, 2.05) is 43.5 Å². The Bertz CT molecular complexity index is 907. The van der Waals surface area contributed by atoms with Gasteiger partial charge < -0.3 is 10.1 Å². The monoisotopic (exact) mass is 406 g/mol. The number of aryl methyl sites for hydroxylation is 1. The van der Waals surface area contributed by atoms with E-state index in [9.17, 15) is 13.2 Å². The molecule has 1 atom stereocenters. The quantitative estimate of drug-likeness (QED) is 0.530. The van der Waals surface area contributed by atoms with Crippen LogP contribution in [0.3, 0.4) is 0 Å². The molecule has 1 aromatic heterocycles. The van der Waals surface area contributed by atoms with Gasteiger partial charge in [-0.05, 0) is 49.2 Å². The Morgan fingerprint density at radius 1 is 1.14 bits per heavy atom. The predicted molar refractivity (Wildman–Crippen MR) is 104 cm³/mol. The van der Waals surface area contributed by atoms with E-state index in [0.717, 1.165) is 28.1 Å². The number of thiazole rings is 1. The molecule has 0 fully saturated rings. The van der Waals surface area contributed by atoms with Crippen molar-refractivity contribution in [2.75, 3.05) is 0 Å². The van der Waals surface area contributed by atoms with E-state index < -0.39 is 11.7 Å². The van der Waals surface area contributed by atoms with E-state index in [4.69, 9.17) is 4.74 Å². The third-order valence-electron chi connectivity index (χ3n) is 4.30. The molecular formula is C21H21F3N2OS. The summed E-state index contributed by atoms with van der Waals surface area (Å²) >= 11 is 1.59. The van der Waals surface area contributed by atoms with Crippen LogP contribution in [-0.4, -0.2) is 4.98 Å². The number of hydrogen-bond acceptors (Lipinski definition) is 4. The van der Waals surface area contributed by atoms with Crippen LogP contribution in [0.4, 0.5) is 13.2 Å². The smallest absolute Gasteiger partial charge is 0.416 e. The Morgan fingerprint density at radius 2 is 1.89 bits per heavy atom. The Hall–Kier alpha value is -2.38. The second-order valence-corrected chi connectivity index (χ2v) is 7.58. The molecule has 0 radical (unpaired) electrons. The molecule has 1 unspecified atom stereocenters. The van der Waals surface area contributed by atoms with Crippen LogP contribution in [0.1, 0.15) is 40.4 Å². The molecule has 0 aliphatic carbocycles. The maximum absolute atomic E-state index is 12.9. The normalized spacial score (nSPS) is 12.8. The van der Waals surface area contributed by atoms with Gasteiger partial charge in [-0.15, -0.1) is 11.3 Å². The fourth-order valence-corrected chi connectivity index (χ4v) is 3.31. The molecule has 0 amide bonds. The van der Waals surface area contributed by atoms with E-state index in [1.54, 1.807) is 17.4 Å². The topological polar surface area (TPSA) is 34.1 Å². The summed E-state index contributed by atoms with van der Waals surface area (Å²) in [5.74, 6) is 0.750. The highest BCUT2D eigenvalue weighted by molar-refractivity contribution is 7.09. The van der Waals surface area contributed by atoms with E-state index in [-0.39, 0.29) is 6.04 Å². The van der Waals surface area contributed by atoms with Gasteiger partial charge in [0.2, 0.25) is 0 Å². The van der Waals surface area contributed by atoms with Crippen molar-refractivity contribution in [3.63, 3.8) is 0 Å². The van der Waals surface area contributed by atoms with Crippen LogP contribution >= 0.6 is 11.3 Å². The lowest BCUT2D eigenvalue weighted by Gasteiger charge is -2.16. The minimum atomic E-state index is -4.33. The van der Waals surface area contributed by atoms with Gasteiger partial charge in [-0.3, -0.25) is 0 Å². The molecule has 0 aliphatic rings. The fourth-order valence-electron chi connectivity index (χ4n) is 2.71. The molecule has 0 saturated carbocycles. The van der Waals surface area contributed by atoms with Crippen LogP contribution in [0, 0.1) is 6.92 Å². The van der Waals surface area contributed by atoms with E-state index in [1.165, 1.54) is 12.1 Å². The first kappa shape index (κ1) is 20.4. The molecule has 3 aromatic rings. The van der Waals surface area contributed by atoms with Crippen LogP contribution in [0.15, 0.2) is 53.9 Å². The second-order valence-electron chi connectivity index (χ2n) is 6.52. The van der Waals surface area contributed by atoms with Gasteiger partial charge in [0.05, 0.1) is 16.3 Å². The summed E-state index contributed by atoms with van der Waals surface area (Å²) in [7, 11) is 0. The molecule has 0 spiro atoms. The number of alkyl halides is 3. The van der Waals surface area contributed by atoms with Gasteiger partial charge in [0.25, 0.3) is 0 Å². The van der Waals surface area contributed by atoms with Crippen molar-refractivity contribution >= 4 is 11.3 Å². The van der Waals surface area contributed by atoms with Crippen LogP contribution in [-0.2, 0) is 19.3 Å². The summed E-state index contributed by atoms with van der Waals surface area (Å²) in [6.07, 6.45) is -4.33. The summed E-state index contributed by atoms with van der Waals surface area (Å²) < 4.78 is 44.3. The molecule has 148 valence electrons. The molecule has 7 heteroatoms. The van der Waals surface area contributed by atoms with Gasteiger partial charge in [-0.25, -0.2) is 4.98 Å². The van der Waals surface area contributed by atoms with Gasteiger partial charge >= 0.3 is 6.18 Å². The standard InChI is InChI=1S/C21H21F3N2OS/c1-14(17-4-3-5-18(10-17)21(22,23)24)25-11-16-6-8-20(9-7-16)27-12-19-13-28-15(2)26-19/h3-10,13-14,25H,11-12H2,1-2H3. The Morgan fingerprint density at radius 3 is 2.54 bits per heavy atom. The zero-order valence-corrected chi connectivity index (χ0v) is 16.4. The van der Waals surface area contributed by atoms with Crippen molar-refractivity contribution in [3.8, 4) is 5.75 Å². The number of nitrogens with one attached hydrogen (secondary N) is 1. The number of hydrogen-bond donors (Lipinski definition) is 1. The highest BCUT2D eigenvalue weighted by Crippen LogP contribution is 2.30. The number of rotatable bonds is 7. The third-order valence-corrected chi connectivity index (χ3v) is 5.13. The van der Waals surface area contributed by atoms with E-state index >= 15 is 0 Å². The fraction of sp³-hybridized carbons (Fsp3) is 0.286. The lowest BCUT2D eigenvalue weighted by atomic mass is 10.0. The summed E-state index contributed by atoms with van der Waals surface area (Å²) in [6.45, 7) is 4.77. The number of ether oxygens (including phenoxy) is 1. The molecule has 3 rings (SSSR count). The van der Waals surface area contributed by atoms with Crippen LogP contribution < -0.4 is 10.1 Å². The van der Waals surface area contributed by atoms with Crippen molar-refractivity contribution in [1.82, 2.24) is 10.3 Å². The highest BCUT2D eigenvalue weighted by Gasteiger charge is 2.30. The van der Waals surface area contributed by atoms with Gasteiger partial charge in [0.15, 0.2) is 0 Å². The zero-order chi connectivity index (χ0) is 20.1. The number of nitrogens with zero attached hydrogens (tertiary/aromatic N) is 1. The van der Waals surface area contributed by atoms with Crippen LogP contribution in [0.5, 0.6) is 5.75 Å². The van der Waals surface area contributed by atoms with Crippen LogP contribution in [0.25, 0.3) is 0 Å². The number of benzene rings is 2. The first-order valence-electron chi connectivity index (χ1n) is 8.84. The van der Waals surface area contributed by atoms with Crippen molar-refractivity contribution in [2.24, 2.45) is 0 Å². The summed E-state index contributed by atoms with van der Waals surface area (Å²) in [5.41, 5.74) is 1.91. The Balaban J connectivity index is 1.53. The van der Waals surface area contributed by atoms with Gasteiger partial charge in [0, 0.05) is 18.0 Å². The molecular weight excluding hydrogens is 385 g/mol. The van der Waals surface area contributed by atoms with Crippen molar-refractivity contribution in [2.45, 2.75) is 39.2 Å². The first-order valence-corrected chi connectivity index (χ1v) is 9.72. The highest BCUT2D eigenvalue weighted by atomic mass is 32.1. The number of aromatic nitrogens is 1. The molecule has 0 aliphatic heterocycles. The van der Waals surface area contributed by atoms with Gasteiger partial charge in [-0.1, -0.05) is 24.3 Å². The maximum Gasteiger partial charge on any atom is 0.416 e. The first-order chi connectivity index (χ1) is 13.3. The molecule has 2 aromatic carbocycles. The van der Waals surface area contributed by atoms with Gasteiger partial charge in [0.1, 0.15) is 12.4 Å².